The summed E-state index contributed by atoms with van der Waals surface area (Å²) < 4.78 is 1.93. The van der Waals surface area contributed by atoms with Gasteiger partial charge in [-0.05, 0) is 37.4 Å². The third kappa shape index (κ3) is 3.16. The molecule has 2 N–H and O–H groups in total. The quantitative estimate of drug-likeness (QED) is 0.748. The number of thiophene rings is 1. The SMILES string of the molecule is CCn1c(NC(=O)C(C)NC(=O)c2cccs2)nc2ccccc21. The van der Waals surface area contributed by atoms with E-state index in [0.717, 1.165) is 11.0 Å². The van der Waals surface area contributed by atoms with Gasteiger partial charge < -0.3 is 9.88 Å². The van der Waals surface area contributed by atoms with Crippen LogP contribution in [0.5, 0.6) is 0 Å². The van der Waals surface area contributed by atoms with Crippen LogP contribution in [0, 0.1) is 0 Å². The van der Waals surface area contributed by atoms with Crippen LogP contribution >= 0.6 is 11.3 Å². The van der Waals surface area contributed by atoms with Crippen LogP contribution in [-0.4, -0.2) is 27.4 Å². The van der Waals surface area contributed by atoms with Crippen LogP contribution in [0.4, 0.5) is 5.95 Å². The number of benzene rings is 1. The van der Waals surface area contributed by atoms with Crippen LogP contribution in [-0.2, 0) is 11.3 Å². The Labute approximate surface area is 143 Å². The van der Waals surface area contributed by atoms with Gasteiger partial charge >= 0.3 is 0 Å². The van der Waals surface area contributed by atoms with E-state index in [4.69, 9.17) is 0 Å². The van der Waals surface area contributed by atoms with E-state index in [0.29, 0.717) is 17.4 Å². The summed E-state index contributed by atoms with van der Waals surface area (Å²) in [7, 11) is 0. The first-order valence-electron chi connectivity index (χ1n) is 7.70. The zero-order valence-corrected chi connectivity index (χ0v) is 14.3. The predicted molar refractivity (Wildman–Crippen MR) is 95.3 cm³/mol. The molecule has 7 heteroatoms. The number of hydrogen-bond donors (Lipinski definition) is 2. The van der Waals surface area contributed by atoms with Gasteiger partial charge in [0.15, 0.2) is 0 Å². The molecule has 6 nitrogen and oxygen atoms in total. The van der Waals surface area contributed by atoms with Gasteiger partial charge in [-0.2, -0.15) is 0 Å². The maximum absolute atomic E-state index is 12.4. The number of carbonyl (C=O) groups excluding carboxylic acids is 2. The molecule has 1 aromatic carbocycles. The van der Waals surface area contributed by atoms with Crippen molar-refractivity contribution in [3.8, 4) is 0 Å². The standard InChI is InChI=1S/C17H18N4O2S/c1-3-21-13-8-5-4-7-12(13)19-17(21)20-15(22)11(2)18-16(23)14-9-6-10-24-14/h4-11H,3H2,1-2H3,(H,18,23)(H,19,20,22). The fraction of sp³-hybridized carbons (Fsp3) is 0.235. The molecule has 2 heterocycles. The Bertz CT molecular complexity index is 870. The van der Waals surface area contributed by atoms with Crippen molar-refractivity contribution in [1.29, 1.82) is 0 Å². The van der Waals surface area contributed by atoms with Crippen molar-refractivity contribution in [2.75, 3.05) is 5.32 Å². The molecular formula is C17H18N4O2S. The highest BCUT2D eigenvalue weighted by Gasteiger charge is 2.19. The third-order valence-electron chi connectivity index (χ3n) is 3.69. The van der Waals surface area contributed by atoms with E-state index < -0.39 is 6.04 Å². The summed E-state index contributed by atoms with van der Waals surface area (Å²) in [6, 6.07) is 10.6. The van der Waals surface area contributed by atoms with Crippen molar-refractivity contribution in [3.05, 3.63) is 46.7 Å². The summed E-state index contributed by atoms with van der Waals surface area (Å²) in [5.41, 5.74) is 1.79. The molecule has 3 aromatic rings. The highest BCUT2D eigenvalue weighted by molar-refractivity contribution is 7.12. The first-order chi connectivity index (χ1) is 11.6. The highest BCUT2D eigenvalue weighted by atomic mass is 32.1. The largest absolute Gasteiger partial charge is 0.340 e. The maximum atomic E-state index is 12.4. The molecule has 0 saturated heterocycles. The number of amides is 2. The number of nitrogens with zero attached hydrogens (tertiary/aromatic N) is 2. The van der Waals surface area contributed by atoms with Crippen molar-refractivity contribution in [3.63, 3.8) is 0 Å². The van der Waals surface area contributed by atoms with E-state index in [1.54, 1.807) is 19.1 Å². The predicted octanol–water partition coefficient (Wildman–Crippen LogP) is 2.87. The Kier molecular flexibility index (Phi) is 4.61. The first kappa shape index (κ1) is 16.2. The molecule has 0 spiro atoms. The van der Waals surface area contributed by atoms with E-state index in [-0.39, 0.29) is 11.8 Å². The Morgan fingerprint density at radius 2 is 2.04 bits per heavy atom. The van der Waals surface area contributed by atoms with Crippen molar-refractivity contribution in [1.82, 2.24) is 14.9 Å². The number of para-hydroxylation sites is 2. The van der Waals surface area contributed by atoms with Gasteiger partial charge in [-0.3, -0.25) is 14.9 Å². The molecule has 0 aliphatic rings. The molecule has 0 bridgehead atoms. The molecule has 2 amide bonds. The molecule has 0 radical (unpaired) electrons. The summed E-state index contributed by atoms with van der Waals surface area (Å²) in [5, 5.41) is 7.32. The zero-order valence-electron chi connectivity index (χ0n) is 13.4. The van der Waals surface area contributed by atoms with Crippen LogP contribution in [0.25, 0.3) is 11.0 Å². The van der Waals surface area contributed by atoms with Gasteiger partial charge in [0.1, 0.15) is 6.04 Å². The number of fused-ring (bicyclic) bond motifs is 1. The van der Waals surface area contributed by atoms with E-state index in [2.05, 4.69) is 15.6 Å². The number of imidazole rings is 1. The monoisotopic (exact) mass is 342 g/mol. The lowest BCUT2D eigenvalue weighted by molar-refractivity contribution is -0.117. The van der Waals surface area contributed by atoms with Crippen LogP contribution in [0.1, 0.15) is 23.5 Å². The molecule has 3 rings (SSSR count). The van der Waals surface area contributed by atoms with E-state index in [1.165, 1.54) is 11.3 Å². The number of hydrogen-bond acceptors (Lipinski definition) is 4. The molecule has 0 aliphatic heterocycles. The Hall–Kier alpha value is -2.67. The lowest BCUT2D eigenvalue weighted by Crippen LogP contribution is -2.41. The van der Waals surface area contributed by atoms with Gasteiger partial charge in [-0.25, -0.2) is 4.98 Å². The van der Waals surface area contributed by atoms with Crippen LogP contribution in [0.2, 0.25) is 0 Å². The molecule has 124 valence electrons. The number of aromatic nitrogens is 2. The van der Waals surface area contributed by atoms with E-state index in [9.17, 15) is 9.59 Å². The van der Waals surface area contributed by atoms with Crippen molar-refractivity contribution < 1.29 is 9.59 Å². The first-order valence-corrected chi connectivity index (χ1v) is 8.58. The molecular weight excluding hydrogens is 324 g/mol. The maximum Gasteiger partial charge on any atom is 0.261 e. The van der Waals surface area contributed by atoms with Gasteiger partial charge in [0.2, 0.25) is 11.9 Å². The van der Waals surface area contributed by atoms with Gasteiger partial charge in [0.25, 0.3) is 5.91 Å². The summed E-state index contributed by atoms with van der Waals surface area (Å²) in [4.78, 5) is 29.5. The average molecular weight is 342 g/mol. The van der Waals surface area contributed by atoms with Crippen molar-refractivity contribution in [2.45, 2.75) is 26.4 Å². The molecule has 0 fully saturated rings. The fourth-order valence-corrected chi connectivity index (χ4v) is 3.08. The number of nitrogens with one attached hydrogen (secondary N) is 2. The van der Waals surface area contributed by atoms with E-state index in [1.807, 2.05) is 41.1 Å². The lowest BCUT2D eigenvalue weighted by atomic mass is 10.3. The van der Waals surface area contributed by atoms with Crippen LogP contribution < -0.4 is 10.6 Å². The molecule has 0 saturated carbocycles. The zero-order chi connectivity index (χ0) is 17.1. The summed E-state index contributed by atoms with van der Waals surface area (Å²) >= 11 is 1.34. The van der Waals surface area contributed by atoms with Crippen molar-refractivity contribution >= 4 is 40.1 Å². The Morgan fingerprint density at radius 1 is 1.25 bits per heavy atom. The number of anilines is 1. The molecule has 24 heavy (non-hydrogen) atoms. The molecule has 2 aromatic heterocycles. The summed E-state index contributed by atoms with van der Waals surface area (Å²) in [6.45, 7) is 4.33. The number of aryl methyl sites for hydroxylation is 1. The highest BCUT2D eigenvalue weighted by Crippen LogP contribution is 2.19. The Balaban J connectivity index is 1.73. The minimum atomic E-state index is -0.662. The average Bonchev–Trinajstić information content (AvgIpc) is 3.22. The van der Waals surface area contributed by atoms with Gasteiger partial charge in [-0.1, -0.05) is 18.2 Å². The van der Waals surface area contributed by atoms with Crippen molar-refractivity contribution in [2.24, 2.45) is 0 Å². The third-order valence-corrected chi connectivity index (χ3v) is 4.56. The smallest absolute Gasteiger partial charge is 0.261 e. The van der Waals surface area contributed by atoms with Gasteiger partial charge in [0.05, 0.1) is 15.9 Å². The van der Waals surface area contributed by atoms with Crippen LogP contribution in [0.15, 0.2) is 41.8 Å². The normalized spacial score (nSPS) is 12.1. The number of carbonyl (C=O) groups is 2. The summed E-state index contributed by atoms with van der Waals surface area (Å²) in [6.07, 6.45) is 0. The molecule has 0 aliphatic carbocycles. The molecule has 1 atom stereocenters. The number of rotatable bonds is 5. The van der Waals surface area contributed by atoms with Crippen LogP contribution in [0.3, 0.4) is 0 Å². The summed E-state index contributed by atoms with van der Waals surface area (Å²) in [5.74, 6) is -0.0671. The minimum absolute atomic E-state index is 0.253. The second-order valence-corrected chi connectivity index (χ2v) is 6.28. The second kappa shape index (κ2) is 6.84. The van der Waals surface area contributed by atoms with E-state index >= 15 is 0 Å². The van der Waals surface area contributed by atoms with Gasteiger partial charge in [-0.15, -0.1) is 11.3 Å². The minimum Gasteiger partial charge on any atom is -0.340 e. The Morgan fingerprint density at radius 3 is 2.75 bits per heavy atom. The molecule has 1 unspecified atom stereocenters. The lowest BCUT2D eigenvalue weighted by Gasteiger charge is -2.14. The fourth-order valence-electron chi connectivity index (χ4n) is 2.45. The van der Waals surface area contributed by atoms with Gasteiger partial charge in [0, 0.05) is 6.54 Å². The topological polar surface area (TPSA) is 76.0 Å². The second-order valence-electron chi connectivity index (χ2n) is 5.33.